The first-order valence-electron chi connectivity index (χ1n) is 7.68. The summed E-state index contributed by atoms with van der Waals surface area (Å²) in [4.78, 5) is 11.8. The van der Waals surface area contributed by atoms with Gasteiger partial charge in [-0.15, -0.1) is 0 Å². The second-order valence-corrected chi connectivity index (χ2v) is 5.53. The molecule has 0 saturated carbocycles. The van der Waals surface area contributed by atoms with Crippen LogP contribution in [-0.2, 0) is 0 Å². The van der Waals surface area contributed by atoms with Gasteiger partial charge in [-0.2, -0.15) is 0 Å². The summed E-state index contributed by atoms with van der Waals surface area (Å²) in [5, 5.41) is 23.1. The van der Waals surface area contributed by atoms with Crippen molar-refractivity contribution in [3.63, 3.8) is 0 Å². The first kappa shape index (κ1) is 17.9. The molecule has 0 radical (unpaired) electrons. The van der Waals surface area contributed by atoms with E-state index in [0.717, 1.165) is 16.7 Å². The molecular weight excluding hydrogens is 311 g/mol. The molecule has 0 saturated heterocycles. The number of urea groups is 1. The molecule has 0 bridgehead atoms. The van der Waals surface area contributed by atoms with Crippen LogP contribution in [0.25, 0.3) is 11.1 Å². The van der Waals surface area contributed by atoms with Crippen molar-refractivity contribution in [2.24, 2.45) is 0 Å². The van der Waals surface area contributed by atoms with Gasteiger partial charge in [0.1, 0.15) is 5.82 Å². The highest BCUT2D eigenvalue weighted by Gasteiger charge is 2.13. The first-order valence-corrected chi connectivity index (χ1v) is 7.68. The highest BCUT2D eigenvalue weighted by Crippen LogP contribution is 2.22. The number of amides is 2. The predicted octanol–water partition coefficient (Wildman–Crippen LogP) is 2.21. The molecule has 0 spiro atoms. The van der Waals surface area contributed by atoms with Crippen LogP contribution >= 0.6 is 0 Å². The van der Waals surface area contributed by atoms with E-state index in [0.29, 0.717) is 0 Å². The predicted molar refractivity (Wildman–Crippen MR) is 89.9 cm³/mol. The Bertz CT molecular complexity index is 655. The van der Waals surface area contributed by atoms with E-state index in [1.165, 1.54) is 12.1 Å². The van der Waals surface area contributed by atoms with E-state index < -0.39 is 12.1 Å². The molecule has 6 heteroatoms. The minimum Gasteiger partial charge on any atom is -0.394 e. The van der Waals surface area contributed by atoms with Crippen molar-refractivity contribution in [2.45, 2.75) is 19.0 Å². The first-order chi connectivity index (χ1) is 11.5. The molecule has 4 N–H and O–H groups in total. The lowest BCUT2D eigenvalue weighted by Gasteiger charge is -2.18. The van der Waals surface area contributed by atoms with Crippen molar-refractivity contribution >= 4 is 6.03 Å². The molecule has 2 aromatic carbocycles. The van der Waals surface area contributed by atoms with Crippen LogP contribution in [0, 0.1) is 5.82 Å². The SMILES string of the molecule is C[C@@H](NC(=O)NC(CO)CO)c1ccc(-c2ccc(F)cc2)cc1. The quantitative estimate of drug-likeness (QED) is 0.655. The molecule has 0 aromatic heterocycles. The number of benzene rings is 2. The van der Waals surface area contributed by atoms with Crippen LogP contribution in [0.3, 0.4) is 0 Å². The summed E-state index contributed by atoms with van der Waals surface area (Å²) in [6, 6.07) is 12.4. The Kier molecular flexibility index (Phi) is 6.28. The lowest BCUT2D eigenvalue weighted by molar-refractivity contribution is 0.168. The summed E-state index contributed by atoms with van der Waals surface area (Å²) in [6.07, 6.45) is 0. The molecule has 0 aliphatic heterocycles. The Hall–Kier alpha value is -2.44. The number of carbonyl (C=O) groups is 1. The fraction of sp³-hybridized carbons (Fsp3) is 0.278. The summed E-state index contributed by atoms with van der Waals surface area (Å²) in [5.74, 6) is -0.275. The minimum atomic E-state index is -0.682. The summed E-state index contributed by atoms with van der Waals surface area (Å²) in [5.41, 5.74) is 2.77. The molecule has 0 unspecified atom stereocenters. The number of aliphatic hydroxyl groups is 2. The van der Waals surface area contributed by atoms with Gasteiger partial charge < -0.3 is 20.8 Å². The Morgan fingerprint density at radius 2 is 1.46 bits per heavy atom. The van der Waals surface area contributed by atoms with Crippen molar-refractivity contribution < 1.29 is 19.4 Å². The number of hydrogen-bond acceptors (Lipinski definition) is 3. The highest BCUT2D eigenvalue weighted by molar-refractivity contribution is 5.74. The van der Waals surface area contributed by atoms with Crippen LogP contribution in [0.1, 0.15) is 18.5 Å². The molecule has 24 heavy (non-hydrogen) atoms. The van der Waals surface area contributed by atoms with Crippen LogP contribution in [-0.4, -0.2) is 35.5 Å². The minimum absolute atomic E-state index is 0.245. The molecule has 2 rings (SSSR count). The zero-order chi connectivity index (χ0) is 17.5. The van der Waals surface area contributed by atoms with Gasteiger partial charge >= 0.3 is 6.03 Å². The third kappa shape index (κ3) is 4.78. The molecule has 2 amide bonds. The molecule has 128 valence electrons. The Balaban J connectivity index is 1.99. The Labute approximate surface area is 140 Å². The summed E-state index contributed by atoms with van der Waals surface area (Å²) in [6.45, 7) is 1.18. The standard InChI is InChI=1S/C18H21FN2O3/c1-12(20-18(24)21-17(10-22)11-23)13-2-4-14(5-3-13)15-6-8-16(19)9-7-15/h2-9,12,17,22-23H,10-11H2,1H3,(H2,20,21,24)/t12-/m1/s1. The summed E-state index contributed by atoms with van der Waals surface area (Å²) in [7, 11) is 0. The van der Waals surface area contributed by atoms with Gasteiger partial charge in [0.25, 0.3) is 0 Å². The van der Waals surface area contributed by atoms with E-state index in [1.54, 1.807) is 12.1 Å². The van der Waals surface area contributed by atoms with Crippen molar-refractivity contribution in [1.29, 1.82) is 0 Å². The average Bonchev–Trinajstić information content (AvgIpc) is 2.60. The fourth-order valence-corrected chi connectivity index (χ4v) is 2.26. The fourth-order valence-electron chi connectivity index (χ4n) is 2.26. The van der Waals surface area contributed by atoms with E-state index in [-0.39, 0.29) is 25.1 Å². The van der Waals surface area contributed by atoms with Gasteiger partial charge in [-0.3, -0.25) is 0 Å². The monoisotopic (exact) mass is 332 g/mol. The molecule has 0 aliphatic carbocycles. The van der Waals surface area contributed by atoms with Crippen molar-refractivity contribution in [3.05, 3.63) is 59.9 Å². The Morgan fingerprint density at radius 3 is 1.96 bits per heavy atom. The normalized spacial score (nSPS) is 12.0. The molecule has 2 aromatic rings. The second kappa shape index (κ2) is 8.42. The lowest BCUT2D eigenvalue weighted by atomic mass is 10.0. The highest BCUT2D eigenvalue weighted by atomic mass is 19.1. The van der Waals surface area contributed by atoms with Gasteiger partial charge in [0.15, 0.2) is 0 Å². The number of halogens is 1. The van der Waals surface area contributed by atoms with Crippen LogP contribution in [0.5, 0.6) is 0 Å². The average molecular weight is 332 g/mol. The smallest absolute Gasteiger partial charge is 0.315 e. The van der Waals surface area contributed by atoms with Crippen LogP contribution in [0.4, 0.5) is 9.18 Å². The third-order valence-electron chi connectivity index (χ3n) is 3.71. The van der Waals surface area contributed by atoms with Gasteiger partial charge in [-0.05, 0) is 35.7 Å². The van der Waals surface area contributed by atoms with E-state index in [4.69, 9.17) is 10.2 Å². The Morgan fingerprint density at radius 1 is 0.958 bits per heavy atom. The second-order valence-electron chi connectivity index (χ2n) is 5.53. The van der Waals surface area contributed by atoms with Crippen molar-refractivity contribution in [1.82, 2.24) is 10.6 Å². The maximum Gasteiger partial charge on any atom is 0.315 e. The topological polar surface area (TPSA) is 81.6 Å². The maximum atomic E-state index is 13.0. The molecule has 0 aliphatic rings. The lowest BCUT2D eigenvalue weighted by Crippen LogP contribution is -2.46. The molecular formula is C18H21FN2O3. The maximum absolute atomic E-state index is 13.0. The van der Waals surface area contributed by atoms with E-state index >= 15 is 0 Å². The van der Waals surface area contributed by atoms with Crippen LogP contribution in [0.15, 0.2) is 48.5 Å². The number of hydrogen-bond donors (Lipinski definition) is 4. The number of carbonyl (C=O) groups excluding carboxylic acids is 1. The zero-order valence-electron chi connectivity index (χ0n) is 13.4. The third-order valence-corrected chi connectivity index (χ3v) is 3.71. The summed E-state index contributed by atoms with van der Waals surface area (Å²) < 4.78 is 13.0. The van der Waals surface area contributed by atoms with Crippen LogP contribution < -0.4 is 10.6 Å². The molecule has 0 fully saturated rings. The van der Waals surface area contributed by atoms with Gasteiger partial charge in [0.05, 0.1) is 25.3 Å². The van der Waals surface area contributed by atoms with E-state index in [1.807, 2.05) is 31.2 Å². The van der Waals surface area contributed by atoms with E-state index in [9.17, 15) is 9.18 Å². The van der Waals surface area contributed by atoms with Crippen molar-refractivity contribution in [2.75, 3.05) is 13.2 Å². The number of rotatable bonds is 6. The molecule has 1 atom stereocenters. The van der Waals surface area contributed by atoms with Gasteiger partial charge in [-0.25, -0.2) is 9.18 Å². The largest absolute Gasteiger partial charge is 0.394 e. The van der Waals surface area contributed by atoms with Gasteiger partial charge in [-0.1, -0.05) is 36.4 Å². The molecule has 0 heterocycles. The zero-order valence-corrected chi connectivity index (χ0v) is 13.4. The van der Waals surface area contributed by atoms with Gasteiger partial charge in [0.2, 0.25) is 0 Å². The van der Waals surface area contributed by atoms with Crippen molar-refractivity contribution in [3.8, 4) is 11.1 Å². The number of aliphatic hydroxyl groups excluding tert-OH is 2. The molecule has 5 nitrogen and oxygen atoms in total. The summed E-state index contributed by atoms with van der Waals surface area (Å²) >= 11 is 0. The van der Waals surface area contributed by atoms with E-state index in [2.05, 4.69) is 10.6 Å². The van der Waals surface area contributed by atoms with Crippen LogP contribution in [0.2, 0.25) is 0 Å². The number of nitrogens with one attached hydrogen (secondary N) is 2. The van der Waals surface area contributed by atoms with Gasteiger partial charge in [0, 0.05) is 0 Å².